The quantitative estimate of drug-likeness (QED) is 0.839. The molecule has 0 aromatic rings. The molecule has 1 aliphatic heterocycles. The zero-order valence-electron chi connectivity index (χ0n) is 11.9. The highest BCUT2D eigenvalue weighted by Crippen LogP contribution is 2.28. The number of rotatable bonds is 4. The van der Waals surface area contributed by atoms with E-state index in [1.165, 1.54) is 6.42 Å². The van der Waals surface area contributed by atoms with Gasteiger partial charge in [0.15, 0.2) is 0 Å². The summed E-state index contributed by atoms with van der Waals surface area (Å²) < 4.78 is 0. The van der Waals surface area contributed by atoms with E-state index in [9.17, 15) is 9.59 Å². The van der Waals surface area contributed by atoms with Gasteiger partial charge in [-0.25, -0.2) is 0 Å². The molecule has 0 aliphatic carbocycles. The normalized spacial score (nSPS) is 25.0. The number of carboxylic acid groups (broad SMARTS) is 1. The lowest BCUT2D eigenvalue weighted by Crippen LogP contribution is -2.44. The van der Waals surface area contributed by atoms with Crippen LogP contribution in [0, 0.1) is 17.3 Å². The van der Waals surface area contributed by atoms with Gasteiger partial charge in [0, 0.05) is 19.5 Å². The van der Waals surface area contributed by atoms with Crippen LogP contribution >= 0.6 is 0 Å². The molecule has 0 radical (unpaired) electrons. The van der Waals surface area contributed by atoms with Gasteiger partial charge < -0.3 is 10.0 Å². The van der Waals surface area contributed by atoms with Gasteiger partial charge in [-0.1, -0.05) is 27.7 Å². The summed E-state index contributed by atoms with van der Waals surface area (Å²) in [6.07, 6.45) is 1.53. The number of nitrogens with zero attached hydrogens (tertiary/aromatic N) is 1. The molecule has 0 saturated carbocycles. The average molecular weight is 255 g/mol. The van der Waals surface area contributed by atoms with Crippen LogP contribution < -0.4 is 0 Å². The molecule has 4 heteroatoms. The monoisotopic (exact) mass is 255 g/mol. The summed E-state index contributed by atoms with van der Waals surface area (Å²) in [5.74, 6) is 0.341. The Balaban J connectivity index is 2.56. The summed E-state index contributed by atoms with van der Waals surface area (Å²) in [4.78, 5) is 24.9. The summed E-state index contributed by atoms with van der Waals surface area (Å²) in [7, 11) is 0. The van der Waals surface area contributed by atoms with Crippen molar-refractivity contribution in [2.24, 2.45) is 17.3 Å². The Morgan fingerprint density at radius 2 is 1.67 bits per heavy atom. The number of carbonyl (C=O) groups excluding carboxylic acids is 1. The van der Waals surface area contributed by atoms with Crippen molar-refractivity contribution in [1.82, 2.24) is 4.90 Å². The summed E-state index contributed by atoms with van der Waals surface area (Å²) >= 11 is 0. The van der Waals surface area contributed by atoms with Crippen LogP contribution in [-0.4, -0.2) is 35.0 Å². The third-order valence-electron chi connectivity index (χ3n) is 3.48. The molecule has 2 unspecified atom stereocenters. The first-order valence-electron chi connectivity index (χ1n) is 6.69. The van der Waals surface area contributed by atoms with Crippen molar-refractivity contribution in [3.05, 3.63) is 0 Å². The molecule has 1 aliphatic rings. The smallest absolute Gasteiger partial charge is 0.303 e. The predicted octanol–water partition coefficient (Wildman–Crippen LogP) is 2.38. The van der Waals surface area contributed by atoms with Crippen LogP contribution in [0.4, 0.5) is 0 Å². The maximum atomic E-state index is 12.2. The van der Waals surface area contributed by atoms with Crippen molar-refractivity contribution >= 4 is 11.9 Å². The summed E-state index contributed by atoms with van der Waals surface area (Å²) in [5, 5.41) is 8.83. The fraction of sp³-hybridized carbons (Fsp3) is 0.857. The van der Waals surface area contributed by atoms with Crippen LogP contribution in [-0.2, 0) is 9.59 Å². The molecule has 1 saturated heterocycles. The molecule has 0 aromatic heterocycles. The lowest BCUT2D eigenvalue weighted by atomic mass is 9.84. The first-order chi connectivity index (χ1) is 8.19. The number of carboxylic acids is 1. The number of amides is 1. The molecule has 1 heterocycles. The van der Waals surface area contributed by atoms with Gasteiger partial charge in [-0.05, 0) is 23.7 Å². The second-order valence-corrected chi connectivity index (χ2v) is 6.66. The summed E-state index contributed by atoms with van der Waals surface area (Å²) in [5.41, 5.74) is -0.465. The topological polar surface area (TPSA) is 57.6 Å². The van der Waals surface area contributed by atoms with Gasteiger partial charge in [-0.15, -0.1) is 0 Å². The van der Waals surface area contributed by atoms with Gasteiger partial charge in [-0.2, -0.15) is 0 Å². The number of likely N-dealkylation sites (tertiary alicyclic amines) is 1. The number of piperidine rings is 1. The van der Waals surface area contributed by atoms with Gasteiger partial charge >= 0.3 is 5.97 Å². The van der Waals surface area contributed by atoms with Crippen molar-refractivity contribution in [3.63, 3.8) is 0 Å². The Labute approximate surface area is 109 Å². The maximum absolute atomic E-state index is 12.2. The van der Waals surface area contributed by atoms with E-state index in [2.05, 4.69) is 13.8 Å². The van der Waals surface area contributed by atoms with Crippen LogP contribution in [0.5, 0.6) is 0 Å². The second kappa shape index (κ2) is 5.72. The Kier molecular flexibility index (Phi) is 4.77. The molecule has 1 N–H and O–H groups in total. The Hall–Kier alpha value is -1.06. The number of hydrogen-bond donors (Lipinski definition) is 1. The fourth-order valence-corrected chi connectivity index (χ4v) is 2.86. The minimum atomic E-state index is -0.840. The highest BCUT2D eigenvalue weighted by molar-refractivity contribution is 5.78. The third-order valence-corrected chi connectivity index (χ3v) is 3.48. The third kappa shape index (κ3) is 4.67. The van der Waals surface area contributed by atoms with Crippen LogP contribution in [0.3, 0.4) is 0 Å². The van der Waals surface area contributed by atoms with Crippen molar-refractivity contribution in [2.45, 2.75) is 47.0 Å². The Bertz CT molecular complexity index is 315. The van der Waals surface area contributed by atoms with Gasteiger partial charge in [0.2, 0.25) is 5.91 Å². The van der Waals surface area contributed by atoms with Crippen molar-refractivity contribution in [1.29, 1.82) is 0 Å². The molecule has 1 amide bonds. The van der Waals surface area contributed by atoms with E-state index in [4.69, 9.17) is 5.11 Å². The molecule has 1 fully saturated rings. The average Bonchev–Trinajstić information content (AvgIpc) is 2.12. The minimum Gasteiger partial charge on any atom is -0.481 e. The second-order valence-electron chi connectivity index (χ2n) is 6.66. The standard InChI is InChI=1S/C14H25NO3/c1-10-5-11(2)9-15(8-10)12(16)6-14(3,4)7-13(17)18/h10-11H,5-9H2,1-4H3,(H,17,18). The van der Waals surface area contributed by atoms with Gasteiger partial charge in [-0.3, -0.25) is 9.59 Å². The summed E-state index contributed by atoms with van der Waals surface area (Å²) in [6.45, 7) is 9.64. The molecule has 2 atom stereocenters. The fourth-order valence-electron chi connectivity index (χ4n) is 2.86. The van der Waals surface area contributed by atoms with E-state index in [0.29, 0.717) is 18.3 Å². The van der Waals surface area contributed by atoms with E-state index in [1.807, 2.05) is 18.7 Å². The lowest BCUT2D eigenvalue weighted by molar-refractivity contribution is -0.141. The highest BCUT2D eigenvalue weighted by atomic mass is 16.4. The van der Waals surface area contributed by atoms with Gasteiger partial charge in [0.05, 0.1) is 6.42 Å². The van der Waals surface area contributed by atoms with Gasteiger partial charge in [0.1, 0.15) is 0 Å². The number of aliphatic carboxylic acids is 1. The van der Waals surface area contributed by atoms with Crippen molar-refractivity contribution in [3.8, 4) is 0 Å². The van der Waals surface area contributed by atoms with Crippen LogP contribution in [0.1, 0.15) is 47.0 Å². The molecular weight excluding hydrogens is 230 g/mol. The van der Waals surface area contributed by atoms with Crippen molar-refractivity contribution in [2.75, 3.05) is 13.1 Å². The van der Waals surface area contributed by atoms with Crippen molar-refractivity contribution < 1.29 is 14.7 Å². The highest BCUT2D eigenvalue weighted by Gasteiger charge is 2.30. The molecule has 0 bridgehead atoms. The SMILES string of the molecule is CC1CC(C)CN(C(=O)CC(C)(C)CC(=O)O)C1. The first kappa shape index (κ1) is 15.0. The maximum Gasteiger partial charge on any atom is 0.303 e. The minimum absolute atomic E-state index is 0.0394. The zero-order valence-corrected chi connectivity index (χ0v) is 11.9. The van der Waals surface area contributed by atoms with E-state index in [1.54, 1.807) is 0 Å². The van der Waals surface area contributed by atoms with E-state index in [0.717, 1.165) is 13.1 Å². The van der Waals surface area contributed by atoms with E-state index in [-0.39, 0.29) is 12.3 Å². The molecule has 0 spiro atoms. The number of carbonyl (C=O) groups is 2. The lowest BCUT2D eigenvalue weighted by Gasteiger charge is -2.36. The van der Waals surface area contributed by atoms with Crippen LogP contribution in [0.15, 0.2) is 0 Å². The molecule has 4 nitrogen and oxygen atoms in total. The van der Waals surface area contributed by atoms with Crippen LogP contribution in [0.2, 0.25) is 0 Å². The summed E-state index contributed by atoms with van der Waals surface area (Å²) in [6, 6.07) is 0. The molecule has 104 valence electrons. The first-order valence-corrected chi connectivity index (χ1v) is 6.69. The number of hydrogen-bond acceptors (Lipinski definition) is 2. The Morgan fingerprint density at radius 1 is 1.17 bits per heavy atom. The molecular formula is C14H25NO3. The predicted molar refractivity (Wildman–Crippen MR) is 70.2 cm³/mol. The Morgan fingerprint density at radius 3 is 2.11 bits per heavy atom. The van der Waals surface area contributed by atoms with Gasteiger partial charge in [0.25, 0.3) is 0 Å². The molecule has 18 heavy (non-hydrogen) atoms. The zero-order chi connectivity index (χ0) is 13.9. The molecule has 1 rings (SSSR count). The molecule has 0 aromatic carbocycles. The van der Waals surface area contributed by atoms with E-state index < -0.39 is 11.4 Å². The largest absolute Gasteiger partial charge is 0.481 e. The van der Waals surface area contributed by atoms with E-state index >= 15 is 0 Å². The van der Waals surface area contributed by atoms with Crippen LogP contribution in [0.25, 0.3) is 0 Å².